The van der Waals surface area contributed by atoms with Gasteiger partial charge in [-0.1, -0.05) is 24.3 Å². The number of nitrogens with one attached hydrogen (secondary N) is 1. The number of fused-ring (bicyclic) bond motifs is 2. The fraction of sp³-hybridized carbons (Fsp3) is 0.350. The van der Waals surface area contributed by atoms with Crippen LogP contribution in [0, 0.1) is 6.92 Å². The molecule has 1 aromatic carbocycles. The molecule has 1 unspecified atom stereocenters. The number of amides is 1. The van der Waals surface area contributed by atoms with Crippen LogP contribution in [0.4, 0.5) is 0 Å². The summed E-state index contributed by atoms with van der Waals surface area (Å²) in [5.41, 5.74) is 3.70. The van der Waals surface area contributed by atoms with Crippen molar-refractivity contribution in [3.8, 4) is 0 Å². The maximum absolute atomic E-state index is 12.9. The number of carbonyl (C=O) groups is 1. The molecule has 0 fully saturated rings. The van der Waals surface area contributed by atoms with Gasteiger partial charge < -0.3 is 4.90 Å². The summed E-state index contributed by atoms with van der Waals surface area (Å²) in [4.78, 5) is 33.6. The maximum atomic E-state index is 12.9. The highest BCUT2D eigenvalue weighted by molar-refractivity contribution is 5.93. The SMILES string of the molecule is Cc1cc2ncc(C(=O)N(C)CC3Cc4ccccc4CN3C)c(=O)n2[nH]1. The van der Waals surface area contributed by atoms with Crippen LogP contribution >= 0.6 is 0 Å². The lowest BCUT2D eigenvalue weighted by Gasteiger charge is -2.36. The van der Waals surface area contributed by atoms with Crippen LogP contribution in [0.2, 0.25) is 0 Å². The molecule has 1 aliphatic heterocycles. The van der Waals surface area contributed by atoms with Gasteiger partial charge in [0.25, 0.3) is 11.5 Å². The van der Waals surface area contributed by atoms with E-state index in [9.17, 15) is 9.59 Å². The van der Waals surface area contributed by atoms with E-state index in [1.165, 1.54) is 21.8 Å². The topological polar surface area (TPSA) is 73.7 Å². The zero-order chi connectivity index (χ0) is 19.1. The molecule has 1 amide bonds. The van der Waals surface area contributed by atoms with Gasteiger partial charge in [0, 0.05) is 44.1 Å². The van der Waals surface area contributed by atoms with Gasteiger partial charge in [0.15, 0.2) is 5.65 Å². The Bertz CT molecular complexity index is 1070. The third-order valence-corrected chi connectivity index (χ3v) is 5.30. The van der Waals surface area contributed by atoms with Crippen LogP contribution in [0.3, 0.4) is 0 Å². The lowest BCUT2D eigenvalue weighted by molar-refractivity contribution is 0.0731. The second-order valence-corrected chi connectivity index (χ2v) is 7.34. The van der Waals surface area contributed by atoms with Gasteiger partial charge in [-0.2, -0.15) is 0 Å². The van der Waals surface area contributed by atoms with Crippen molar-refractivity contribution in [1.82, 2.24) is 24.4 Å². The first-order valence-electron chi connectivity index (χ1n) is 9.04. The number of hydrogen-bond donors (Lipinski definition) is 1. The molecule has 3 aromatic rings. The number of rotatable bonds is 3. The van der Waals surface area contributed by atoms with E-state index >= 15 is 0 Å². The van der Waals surface area contributed by atoms with Crippen LogP contribution in [-0.4, -0.2) is 57.0 Å². The van der Waals surface area contributed by atoms with Crippen LogP contribution < -0.4 is 5.56 Å². The molecular weight excluding hydrogens is 342 g/mol. The molecule has 1 N–H and O–H groups in total. The number of benzene rings is 1. The van der Waals surface area contributed by atoms with Gasteiger partial charge in [0.2, 0.25) is 0 Å². The van der Waals surface area contributed by atoms with Gasteiger partial charge in [0.1, 0.15) is 5.56 Å². The van der Waals surface area contributed by atoms with Crippen LogP contribution in [-0.2, 0) is 13.0 Å². The number of hydrogen-bond acceptors (Lipinski definition) is 4. The summed E-state index contributed by atoms with van der Waals surface area (Å²) in [7, 11) is 3.81. The molecule has 1 atom stereocenters. The summed E-state index contributed by atoms with van der Waals surface area (Å²) in [5.74, 6) is -0.304. The first-order chi connectivity index (χ1) is 12.9. The van der Waals surface area contributed by atoms with E-state index in [0.717, 1.165) is 18.7 Å². The molecule has 0 aliphatic carbocycles. The van der Waals surface area contributed by atoms with Crippen molar-refractivity contribution in [2.45, 2.75) is 25.9 Å². The van der Waals surface area contributed by atoms with Crippen molar-refractivity contribution < 1.29 is 4.79 Å². The zero-order valence-electron chi connectivity index (χ0n) is 15.8. The Labute approximate surface area is 157 Å². The van der Waals surface area contributed by atoms with Crippen LogP contribution in [0.1, 0.15) is 27.2 Å². The second kappa shape index (κ2) is 6.66. The second-order valence-electron chi connectivity index (χ2n) is 7.34. The van der Waals surface area contributed by atoms with Gasteiger partial charge >= 0.3 is 0 Å². The predicted octanol–water partition coefficient (Wildman–Crippen LogP) is 1.46. The number of nitrogens with zero attached hydrogens (tertiary/aromatic N) is 4. The third-order valence-electron chi connectivity index (χ3n) is 5.30. The fourth-order valence-corrected chi connectivity index (χ4v) is 3.75. The molecule has 0 saturated carbocycles. The number of likely N-dealkylation sites (N-methyl/N-ethyl adjacent to an activating group) is 2. The summed E-state index contributed by atoms with van der Waals surface area (Å²) in [6, 6.07) is 10.4. The minimum atomic E-state index is -0.368. The molecule has 140 valence electrons. The van der Waals surface area contributed by atoms with Gasteiger partial charge in [0.05, 0.1) is 0 Å². The first-order valence-corrected chi connectivity index (χ1v) is 9.04. The van der Waals surface area contributed by atoms with Gasteiger partial charge in [-0.05, 0) is 31.5 Å². The van der Waals surface area contributed by atoms with Crippen molar-refractivity contribution in [2.75, 3.05) is 20.6 Å². The minimum absolute atomic E-state index is 0.0794. The summed E-state index contributed by atoms with van der Waals surface area (Å²) in [5, 5.41) is 2.92. The van der Waals surface area contributed by atoms with E-state index in [2.05, 4.69) is 46.3 Å². The van der Waals surface area contributed by atoms with Crippen molar-refractivity contribution >= 4 is 11.6 Å². The highest BCUT2D eigenvalue weighted by atomic mass is 16.2. The molecular formula is C20H23N5O2. The standard InChI is InChI=1S/C20H23N5O2/c1-13-8-18-21-10-17(20(27)25(18)22-13)19(26)24(3)12-16-9-14-6-4-5-7-15(14)11-23(16)2/h4-8,10,16,22H,9,11-12H2,1-3H3. The Kier molecular flexibility index (Phi) is 4.31. The van der Waals surface area contributed by atoms with Crippen molar-refractivity contribution in [3.05, 3.63) is 69.3 Å². The van der Waals surface area contributed by atoms with Gasteiger partial charge in [-0.25, -0.2) is 9.50 Å². The maximum Gasteiger partial charge on any atom is 0.285 e. The highest BCUT2D eigenvalue weighted by Crippen LogP contribution is 2.22. The normalized spacial score (nSPS) is 17.1. The first kappa shape index (κ1) is 17.5. The highest BCUT2D eigenvalue weighted by Gasteiger charge is 2.27. The lowest BCUT2D eigenvalue weighted by Crippen LogP contribution is -2.47. The van der Waals surface area contributed by atoms with Crippen molar-refractivity contribution in [3.63, 3.8) is 0 Å². The molecule has 27 heavy (non-hydrogen) atoms. The van der Waals surface area contributed by atoms with Crippen molar-refractivity contribution in [1.29, 1.82) is 0 Å². The molecule has 4 rings (SSSR count). The van der Waals surface area contributed by atoms with Gasteiger partial charge in [-0.15, -0.1) is 0 Å². The average molecular weight is 365 g/mol. The van der Waals surface area contributed by atoms with Crippen LogP contribution in [0.15, 0.2) is 41.3 Å². The average Bonchev–Trinajstić information content (AvgIpc) is 3.03. The Morgan fingerprint density at radius 2 is 2.07 bits per heavy atom. The van der Waals surface area contributed by atoms with Crippen LogP contribution in [0.5, 0.6) is 0 Å². The number of aryl methyl sites for hydroxylation is 1. The van der Waals surface area contributed by atoms with E-state index in [1.54, 1.807) is 18.0 Å². The third kappa shape index (κ3) is 3.14. The Balaban J connectivity index is 1.55. The van der Waals surface area contributed by atoms with E-state index in [4.69, 9.17) is 0 Å². The summed E-state index contributed by atoms with van der Waals surface area (Å²) >= 11 is 0. The summed E-state index contributed by atoms with van der Waals surface area (Å²) in [6.45, 7) is 3.26. The molecule has 7 nitrogen and oxygen atoms in total. The number of H-pyrrole nitrogens is 1. The lowest BCUT2D eigenvalue weighted by atomic mass is 9.94. The largest absolute Gasteiger partial charge is 0.340 e. The monoisotopic (exact) mass is 365 g/mol. The van der Waals surface area contributed by atoms with E-state index in [1.807, 2.05) is 6.92 Å². The predicted molar refractivity (Wildman–Crippen MR) is 103 cm³/mol. The van der Waals surface area contributed by atoms with E-state index in [-0.39, 0.29) is 23.1 Å². The zero-order valence-corrected chi connectivity index (χ0v) is 15.8. The Morgan fingerprint density at radius 1 is 1.33 bits per heavy atom. The van der Waals surface area contributed by atoms with E-state index in [0.29, 0.717) is 12.2 Å². The Morgan fingerprint density at radius 3 is 2.85 bits per heavy atom. The molecule has 2 aromatic heterocycles. The molecule has 0 saturated heterocycles. The van der Waals surface area contributed by atoms with E-state index < -0.39 is 0 Å². The van der Waals surface area contributed by atoms with Gasteiger partial charge in [-0.3, -0.25) is 19.6 Å². The molecule has 1 aliphatic rings. The quantitative estimate of drug-likeness (QED) is 0.763. The summed E-state index contributed by atoms with van der Waals surface area (Å²) in [6.07, 6.45) is 2.26. The minimum Gasteiger partial charge on any atom is -0.340 e. The Hall–Kier alpha value is -2.93. The number of aromatic amines is 1. The number of carbonyl (C=O) groups excluding carboxylic acids is 1. The fourth-order valence-electron chi connectivity index (χ4n) is 3.75. The van der Waals surface area contributed by atoms with Crippen molar-refractivity contribution in [2.24, 2.45) is 0 Å². The number of aromatic nitrogens is 3. The molecule has 3 heterocycles. The molecule has 7 heteroatoms. The smallest absolute Gasteiger partial charge is 0.285 e. The summed E-state index contributed by atoms with van der Waals surface area (Å²) < 4.78 is 1.32. The van der Waals surface area contributed by atoms with Crippen LogP contribution in [0.25, 0.3) is 5.65 Å². The molecule has 0 bridgehead atoms. The molecule has 0 spiro atoms. The molecule has 0 radical (unpaired) electrons.